The molecule has 1 unspecified atom stereocenters. The van der Waals surface area contributed by atoms with Gasteiger partial charge in [-0.15, -0.1) is 0 Å². The van der Waals surface area contributed by atoms with Gasteiger partial charge in [-0.1, -0.05) is 18.6 Å². The minimum atomic E-state index is 0.466. The summed E-state index contributed by atoms with van der Waals surface area (Å²) in [7, 11) is 2.26. The van der Waals surface area contributed by atoms with Crippen LogP contribution in [0.15, 0.2) is 18.2 Å². The van der Waals surface area contributed by atoms with E-state index in [4.69, 9.17) is 5.10 Å². The Kier molecular flexibility index (Phi) is 4.55. The summed E-state index contributed by atoms with van der Waals surface area (Å²) in [5.41, 5.74) is 6.63. The number of anilines is 1. The van der Waals surface area contributed by atoms with E-state index < -0.39 is 0 Å². The summed E-state index contributed by atoms with van der Waals surface area (Å²) in [6.07, 6.45) is 7.49. The standard InChI is InChI=1S/C21H30N4/c1-15-9-8-12-18(16(15)2)25-21-17(10-4-6-13-22-21)20(23-25)19-11-5-7-14-24(19)3/h8-9,12,19,22H,4-7,10-11,13-14H2,1-3H3. The summed E-state index contributed by atoms with van der Waals surface area (Å²) in [5, 5.41) is 8.89. The maximum atomic E-state index is 5.19. The Labute approximate surface area is 151 Å². The number of nitrogens with zero attached hydrogens (tertiary/aromatic N) is 3. The van der Waals surface area contributed by atoms with Crippen LogP contribution in [0, 0.1) is 13.8 Å². The van der Waals surface area contributed by atoms with Gasteiger partial charge >= 0.3 is 0 Å². The van der Waals surface area contributed by atoms with E-state index in [1.54, 1.807) is 0 Å². The number of benzene rings is 1. The molecule has 0 bridgehead atoms. The third-order valence-electron chi connectivity index (χ3n) is 6.05. The van der Waals surface area contributed by atoms with Crippen molar-refractivity contribution in [1.29, 1.82) is 0 Å². The highest BCUT2D eigenvalue weighted by molar-refractivity contribution is 5.57. The van der Waals surface area contributed by atoms with Gasteiger partial charge in [-0.3, -0.25) is 4.90 Å². The molecule has 0 amide bonds. The van der Waals surface area contributed by atoms with Crippen molar-refractivity contribution in [2.75, 3.05) is 25.5 Å². The van der Waals surface area contributed by atoms with Crippen molar-refractivity contribution in [3.63, 3.8) is 0 Å². The number of rotatable bonds is 2. The summed E-state index contributed by atoms with van der Waals surface area (Å²) in [6, 6.07) is 7.00. The van der Waals surface area contributed by atoms with E-state index in [1.807, 2.05) is 0 Å². The second-order valence-corrected chi connectivity index (χ2v) is 7.72. The first kappa shape index (κ1) is 16.6. The normalized spacial score (nSPS) is 21.5. The lowest BCUT2D eigenvalue weighted by atomic mass is 9.96. The van der Waals surface area contributed by atoms with Gasteiger partial charge in [0, 0.05) is 12.1 Å². The molecule has 1 N–H and O–H groups in total. The zero-order chi connectivity index (χ0) is 17.4. The van der Waals surface area contributed by atoms with Crippen LogP contribution >= 0.6 is 0 Å². The monoisotopic (exact) mass is 338 g/mol. The van der Waals surface area contributed by atoms with Crippen molar-refractivity contribution in [3.05, 3.63) is 40.6 Å². The van der Waals surface area contributed by atoms with Crippen LogP contribution in [0.25, 0.3) is 5.69 Å². The van der Waals surface area contributed by atoms with Crippen molar-refractivity contribution in [3.8, 4) is 5.69 Å². The Morgan fingerprint density at radius 3 is 2.84 bits per heavy atom. The molecule has 25 heavy (non-hydrogen) atoms. The van der Waals surface area contributed by atoms with E-state index in [0.29, 0.717) is 6.04 Å². The average Bonchev–Trinajstić information content (AvgIpc) is 2.79. The highest BCUT2D eigenvalue weighted by atomic mass is 15.4. The van der Waals surface area contributed by atoms with E-state index >= 15 is 0 Å². The predicted octanol–water partition coefficient (Wildman–Crippen LogP) is 4.39. The zero-order valence-corrected chi connectivity index (χ0v) is 15.8. The summed E-state index contributed by atoms with van der Waals surface area (Å²) in [4.78, 5) is 2.50. The van der Waals surface area contributed by atoms with Crippen LogP contribution in [0.3, 0.4) is 0 Å². The molecule has 0 spiro atoms. The highest BCUT2D eigenvalue weighted by Crippen LogP contribution is 2.37. The van der Waals surface area contributed by atoms with Crippen LogP contribution in [-0.2, 0) is 6.42 Å². The first-order valence-corrected chi connectivity index (χ1v) is 9.79. The van der Waals surface area contributed by atoms with Gasteiger partial charge in [0.2, 0.25) is 0 Å². The second kappa shape index (κ2) is 6.83. The van der Waals surface area contributed by atoms with E-state index in [9.17, 15) is 0 Å². The van der Waals surface area contributed by atoms with Gasteiger partial charge in [-0.25, -0.2) is 4.68 Å². The number of aryl methyl sites for hydroxylation is 1. The van der Waals surface area contributed by atoms with E-state index in [-0.39, 0.29) is 0 Å². The van der Waals surface area contributed by atoms with Gasteiger partial charge in [0.15, 0.2) is 0 Å². The SMILES string of the molecule is Cc1cccc(-n2nc(C3CCCCN3C)c3c2NCCCC3)c1C. The summed E-state index contributed by atoms with van der Waals surface area (Å²) in [5.74, 6) is 1.24. The number of hydrogen-bond donors (Lipinski definition) is 1. The number of nitrogens with one attached hydrogen (secondary N) is 1. The van der Waals surface area contributed by atoms with Gasteiger partial charge in [-0.2, -0.15) is 5.10 Å². The molecule has 4 rings (SSSR count). The molecule has 0 saturated carbocycles. The summed E-state index contributed by atoms with van der Waals surface area (Å²) >= 11 is 0. The molecule has 4 heteroatoms. The molecule has 4 nitrogen and oxygen atoms in total. The lowest BCUT2D eigenvalue weighted by Crippen LogP contribution is -2.30. The Bertz CT molecular complexity index is 761. The minimum absolute atomic E-state index is 0.466. The van der Waals surface area contributed by atoms with Gasteiger partial charge < -0.3 is 5.32 Å². The van der Waals surface area contributed by atoms with Crippen molar-refractivity contribution in [2.45, 2.75) is 58.4 Å². The number of piperidine rings is 1. The molecule has 3 heterocycles. The number of aromatic nitrogens is 2. The van der Waals surface area contributed by atoms with Gasteiger partial charge in [0.25, 0.3) is 0 Å². The molecule has 1 saturated heterocycles. The molecular weight excluding hydrogens is 308 g/mol. The molecule has 1 fully saturated rings. The van der Waals surface area contributed by atoms with Gasteiger partial charge in [-0.05, 0) is 76.7 Å². The van der Waals surface area contributed by atoms with Gasteiger partial charge in [0.05, 0.1) is 17.4 Å². The molecule has 0 aliphatic carbocycles. The Balaban J connectivity index is 1.86. The van der Waals surface area contributed by atoms with Crippen LogP contribution in [0.2, 0.25) is 0 Å². The fourth-order valence-electron chi connectivity index (χ4n) is 4.36. The molecule has 2 aliphatic heterocycles. The molecule has 2 aliphatic rings. The quantitative estimate of drug-likeness (QED) is 0.881. The number of fused-ring (bicyclic) bond motifs is 1. The van der Waals surface area contributed by atoms with Crippen molar-refractivity contribution in [1.82, 2.24) is 14.7 Å². The molecule has 1 aromatic carbocycles. The largest absolute Gasteiger partial charge is 0.370 e. The van der Waals surface area contributed by atoms with Crippen LogP contribution in [0.4, 0.5) is 5.82 Å². The topological polar surface area (TPSA) is 33.1 Å². The lowest BCUT2D eigenvalue weighted by Gasteiger charge is -2.31. The van der Waals surface area contributed by atoms with Gasteiger partial charge in [0.1, 0.15) is 5.82 Å². The number of hydrogen-bond acceptors (Lipinski definition) is 3. The highest BCUT2D eigenvalue weighted by Gasteiger charge is 2.30. The fourth-order valence-corrected chi connectivity index (χ4v) is 4.36. The molecule has 1 atom stereocenters. The first-order valence-electron chi connectivity index (χ1n) is 9.79. The van der Waals surface area contributed by atoms with Crippen molar-refractivity contribution < 1.29 is 0 Å². The molecular formula is C21H30N4. The maximum Gasteiger partial charge on any atom is 0.133 e. The van der Waals surface area contributed by atoms with Crippen molar-refractivity contribution >= 4 is 5.82 Å². The Morgan fingerprint density at radius 1 is 1.12 bits per heavy atom. The van der Waals surface area contributed by atoms with Crippen LogP contribution < -0.4 is 5.32 Å². The fraction of sp³-hybridized carbons (Fsp3) is 0.571. The smallest absolute Gasteiger partial charge is 0.133 e. The molecule has 2 aromatic rings. The first-order chi connectivity index (χ1) is 12.2. The van der Waals surface area contributed by atoms with E-state index in [0.717, 1.165) is 13.0 Å². The third-order valence-corrected chi connectivity index (χ3v) is 6.05. The molecule has 0 radical (unpaired) electrons. The second-order valence-electron chi connectivity index (χ2n) is 7.72. The Hall–Kier alpha value is -1.81. The van der Waals surface area contributed by atoms with E-state index in [2.05, 4.69) is 54.0 Å². The van der Waals surface area contributed by atoms with Crippen molar-refractivity contribution in [2.24, 2.45) is 0 Å². The average molecular weight is 338 g/mol. The maximum absolute atomic E-state index is 5.19. The zero-order valence-electron chi connectivity index (χ0n) is 15.8. The molecule has 134 valence electrons. The lowest BCUT2D eigenvalue weighted by molar-refractivity contribution is 0.182. The van der Waals surface area contributed by atoms with Crippen LogP contribution in [0.1, 0.15) is 60.5 Å². The van der Waals surface area contributed by atoms with E-state index in [1.165, 1.54) is 72.5 Å². The summed E-state index contributed by atoms with van der Waals surface area (Å²) in [6.45, 7) is 6.62. The summed E-state index contributed by atoms with van der Waals surface area (Å²) < 4.78 is 2.20. The Morgan fingerprint density at radius 2 is 2.00 bits per heavy atom. The predicted molar refractivity (Wildman–Crippen MR) is 104 cm³/mol. The minimum Gasteiger partial charge on any atom is -0.370 e. The number of likely N-dealkylation sites (tertiary alicyclic amines) is 1. The third kappa shape index (κ3) is 2.97. The van der Waals surface area contributed by atoms with Crippen LogP contribution in [0.5, 0.6) is 0 Å². The van der Waals surface area contributed by atoms with Crippen LogP contribution in [-0.4, -0.2) is 34.8 Å². The molecule has 1 aromatic heterocycles.